The lowest BCUT2D eigenvalue weighted by Gasteiger charge is -2.34. The summed E-state index contributed by atoms with van der Waals surface area (Å²) in [5, 5.41) is 9.29. The lowest BCUT2D eigenvalue weighted by atomic mass is 9.96. The van der Waals surface area contributed by atoms with Crippen LogP contribution in [-0.4, -0.2) is 28.6 Å². The molecule has 3 heteroatoms. The number of aryl methyl sites for hydroxylation is 1. The van der Waals surface area contributed by atoms with Gasteiger partial charge in [0.15, 0.2) is 0 Å². The second-order valence-corrected chi connectivity index (χ2v) is 4.78. The summed E-state index contributed by atoms with van der Waals surface area (Å²) in [5.74, 6) is -0.768. The van der Waals surface area contributed by atoms with Gasteiger partial charge in [0.05, 0.1) is 0 Å². The largest absolute Gasteiger partial charge is 0.480 e. The molecule has 0 saturated carbocycles. The Morgan fingerprint density at radius 2 is 2.12 bits per heavy atom. The predicted molar refractivity (Wildman–Crippen MR) is 69.0 cm³/mol. The molecule has 1 unspecified atom stereocenters. The summed E-state index contributed by atoms with van der Waals surface area (Å²) >= 11 is 0. The lowest BCUT2D eigenvalue weighted by Crippen LogP contribution is -2.49. The SMILES string of the molecule is CCC(C)(C(=O)O)N(C)Cc1cccc(C)c1. The fourth-order valence-electron chi connectivity index (χ4n) is 1.84. The Labute approximate surface area is 103 Å². The molecular formula is C14H21NO2. The van der Waals surface area contributed by atoms with Crippen LogP contribution >= 0.6 is 0 Å². The molecule has 17 heavy (non-hydrogen) atoms. The minimum Gasteiger partial charge on any atom is -0.480 e. The highest BCUT2D eigenvalue weighted by molar-refractivity contribution is 5.78. The van der Waals surface area contributed by atoms with Crippen molar-refractivity contribution in [3.63, 3.8) is 0 Å². The quantitative estimate of drug-likeness (QED) is 0.853. The molecule has 0 aliphatic carbocycles. The van der Waals surface area contributed by atoms with Gasteiger partial charge in [-0.3, -0.25) is 9.69 Å². The zero-order chi connectivity index (χ0) is 13.1. The molecule has 1 aromatic rings. The number of carboxylic acids is 1. The molecule has 1 rings (SSSR count). The molecule has 0 radical (unpaired) electrons. The van der Waals surface area contributed by atoms with Crippen LogP contribution in [0.2, 0.25) is 0 Å². The summed E-state index contributed by atoms with van der Waals surface area (Å²) in [6, 6.07) is 8.16. The normalized spacial score (nSPS) is 14.6. The Morgan fingerprint density at radius 1 is 1.47 bits per heavy atom. The van der Waals surface area contributed by atoms with E-state index in [1.165, 1.54) is 5.56 Å². The Balaban J connectivity index is 2.84. The van der Waals surface area contributed by atoms with E-state index < -0.39 is 11.5 Å². The molecule has 0 spiro atoms. The van der Waals surface area contributed by atoms with Crippen LogP contribution < -0.4 is 0 Å². The van der Waals surface area contributed by atoms with Crippen LogP contribution in [0.4, 0.5) is 0 Å². The minimum atomic E-state index is -0.802. The molecule has 0 aliphatic heterocycles. The maximum absolute atomic E-state index is 11.3. The van der Waals surface area contributed by atoms with E-state index in [1.807, 2.05) is 44.0 Å². The van der Waals surface area contributed by atoms with E-state index in [0.29, 0.717) is 13.0 Å². The van der Waals surface area contributed by atoms with Crippen molar-refractivity contribution in [3.05, 3.63) is 35.4 Å². The van der Waals surface area contributed by atoms with Gasteiger partial charge in [0.25, 0.3) is 0 Å². The third-order valence-electron chi connectivity index (χ3n) is 3.49. The van der Waals surface area contributed by atoms with E-state index in [2.05, 4.69) is 6.07 Å². The van der Waals surface area contributed by atoms with Crippen LogP contribution in [0.5, 0.6) is 0 Å². The third kappa shape index (κ3) is 3.07. The van der Waals surface area contributed by atoms with Crippen LogP contribution in [0.15, 0.2) is 24.3 Å². The highest BCUT2D eigenvalue weighted by Gasteiger charge is 2.35. The van der Waals surface area contributed by atoms with Gasteiger partial charge < -0.3 is 5.11 Å². The summed E-state index contributed by atoms with van der Waals surface area (Å²) in [7, 11) is 1.86. The number of likely N-dealkylation sites (N-methyl/N-ethyl adjacent to an activating group) is 1. The molecule has 0 aliphatic rings. The molecule has 0 amide bonds. The van der Waals surface area contributed by atoms with Gasteiger partial charge in [-0.15, -0.1) is 0 Å². The van der Waals surface area contributed by atoms with Crippen LogP contribution in [-0.2, 0) is 11.3 Å². The predicted octanol–water partition coefficient (Wildman–Crippen LogP) is 2.68. The Morgan fingerprint density at radius 3 is 2.59 bits per heavy atom. The molecule has 3 nitrogen and oxygen atoms in total. The first-order valence-electron chi connectivity index (χ1n) is 5.90. The number of aliphatic carboxylic acids is 1. The molecule has 0 bridgehead atoms. The van der Waals surface area contributed by atoms with Gasteiger partial charge in [0.1, 0.15) is 5.54 Å². The molecule has 0 heterocycles. The topological polar surface area (TPSA) is 40.5 Å². The summed E-state index contributed by atoms with van der Waals surface area (Å²) < 4.78 is 0. The van der Waals surface area contributed by atoms with Crippen molar-refractivity contribution >= 4 is 5.97 Å². The summed E-state index contributed by atoms with van der Waals surface area (Å²) in [5.41, 5.74) is 1.54. The lowest BCUT2D eigenvalue weighted by molar-refractivity contribution is -0.150. The number of carbonyl (C=O) groups is 1. The average Bonchev–Trinajstić information content (AvgIpc) is 2.27. The Hall–Kier alpha value is -1.35. The number of hydrogen-bond donors (Lipinski definition) is 1. The molecule has 0 saturated heterocycles. The summed E-state index contributed by atoms with van der Waals surface area (Å²) in [6.07, 6.45) is 0.588. The van der Waals surface area contributed by atoms with Gasteiger partial charge in [0.2, 0.25) is 0 Å². The molecular weight excluding hydrogens is 214 g/mol. The van der Waals surface area contributed by atoms with Crippen LogP contribution in [0.3, 0.4) is 0 Å². The van der Waals surface area contributed by atoms with Crippen molar-refractivity contribution in [1.82, 2.24) is 4.90 Å². The molecule has 1 N–H and O–H groups in total. The second kappa shape index (κ2) is 5.32. The number of carboxylic acid groups (broad SMARTS) is 1. The highest BCUT2D eigenvalue weighted by atomic mass is 16.4. The van der Waals surface area contributed by atoms with Crippen LogP contribution in [0.1, 0.15) is 31.4 Å². The van der Waals surface area contributed by atoms with Crippen molar-refractivity contribution < 1.29 is 9.90 Å². The zero-order valence-electron chi connectivity index (χ0n) is 11.0. The first-order chi connectivity index (χ1) is 7.90. The van der Waals surface area contributed by atoms with Gasteiger partial charge in [-0.1, -0.05) is 36.8 Å². The van der Waals surface area contributed by atoms with Crippen LogP contribution in [0.25, 0.3) is 0 Å². The monoisotopic (exact) mass is 235 g/mol. The first kappa shape index (κ1) is 13.7. The number of benzene rings is 1. The number of nitrogens with zero attached hydrogens (tertiary/aromatic N) is 1. The van der Waals surface area contributed by atoms with Crippen molar-refractivity contribution in [2.75, 3.05) is 7.05 Å². The smallest absolute Gasteiger partial charge is 0.323 e. The molecule has 0 aromatic heterocycles. The number of rotatable bonds is 5. The standard InChI is InChI=1S/C14H21NO2/c1-5-14(3,13(16)17)15(4)10-12-8-6-7-11(2)9-12/h6-9H,5,10H2,1-4H3,(H,16,17). The number of hydrogen-bond acceptors (Lipinski definition) is 2. The van der Waals surface area contributed by atoms with Gasteiger partial charge in [-0.2, -0.15) is 0 Å². The second-order valence-electron chi connectivity index (χ2n) is 4.78. The molecule has 94 valence electrons. The van der Waals surface area contributed by atoms with E-state index >= 15 is 0 Å². The van der Waals surface area contributed by atoms with Gasteiger partial charge in [0, 0.05) is 6.54 Å². The van der Waals surface area contributed by atoms with Gasteiger partial charge in [-0.25, -0.2) is 0 Å². The van der Waals surface area contributed by atoms with Crippen molar-refractivity contribution in [1.29, 1.82) is 0 Å². The average molecular weight is 235 g/mol. The van der Waals surface area contributed by atoms with E-state index in [0.717, 1.165) is 5.56 Å². The third-order valence-corrected chi connectivity index (χ3v) is 3.49. The Bertz CT molecular complexity index is 403. The van der Waals surface area contributed by atoms with Gasteiger partial charge in [-0.05, 0) is 32.9 Å². The molecule has 1 atom stereocenters. The summed E-state index contributed by atoms with van der Waals surface area (Å²) in [6.45, 7) is 6.37. The maximum atomic E-state index is 11.3. The van der Waals surface area contributed by atoms with E-state index in [9.17, 15) is 9.90 Å². The summed E-state index contributed by atoms with van der Waals surface area (Å²) in [4.78, 5) is 13.2. The fraction of sp³-hybridized carbons (Fsp3) is 0.500. The van der Waals surface area contributed by atoms with E-state index in [1.54, 1.807) is 6.92 Å². The Kier molecular flexibility index (Phi) is 4.29. The first-order valence-corrected chi connectivity index (χ1v) is 5.90. The van der Waals surface area contributed by atoms with Crippen molar-refractivity contribution in [3.8, 4) is 0 Å². The van der Waals surface area contributed by atoms with Gasteiger partial charge >= 0.3 is 5.97 Å². The van der Waals surface area contributed by atoms with Crippen molar-refractivity contribution in [2.45, 2.75) is 39.3 Å². The van der Waals surface area contributed by atoms with Crippen LogP contribution in [0, 0.1) is 6.92 Å². The highest BCUT2D eigenvalue weighted by Crippen LogP contribution is 2.20. The zero-order valence-corrected chi connectivity index (χ0v) is 11.0. The molecule has 0 fully saturated rings. The maximum Gasteiger partial charge on any atom is 0.323 e. The van der Waals surface area contributed by atoms with Crippen molar-refractivity contribution in [2.24, 2.45) is 0 Å². The van der Waals surface area contributed by atoms with E-state index in [-0.39, 0.29) is 0 Å². The fourth-order valence-corrected chi connectivity index (χ4v) is 1.84. The van der Waals surface area contributed by atoms with E-state index in [4.69, 9.17) is 0 Å². The molecule has 1 aromatic carbocycles. The minimum absolute atomic E-state index is 0.588.